The molecule has 0 saturated heterocycles. The maximum atomic E-state index is 9.60. The smallest absolute Gasteiger partial charge is 0.0570 e. The molecule has 2 aliphatic carbocycles. The zero-order valence-corrected chi connectivity index (χ0v) is 7.34. The molecule has 0 aromatic rings. The molecule has 0 bridgehead atoms. The third-order valence-corrected chi connectivity index (χ3v) is 3.83. The van der Waals surface area contributed by atoms with Crippen molar-refractivity contribution in [1.29, 1.82) is 0 Å². The van der Waals surface area contributed by atoms with Crippen LogP contribution in [0.3, 0.4) is 0 Å². The number of rotatable bonds is 2. The second kappa shape index (κ2) is 2.48. The second-order valence-corrected chi connectivity index (χ2v) is 4.39. The molecule has 64 valence electrons. The fraction of sp³-hybridized carbons (Fsp3) is 1.00. The van der Waals surface area contributed by atoms with Crippen LogP contribution in [0, 0.1) is 11.3 Å². The minimum absolute atomic E-state index is 0.0504. The number of hydrogen-bond donors (Lipinski definition) is 1. The van der Waals surface area contributed by atoms with Crippen LogP contribution < -0.4 is 0 Å². The molecule has 1 unspecified atom stereocenters. The fourth-order valence-electron chi connectivity index (χ4n) is 2.81. The van der Waals surface area contributed by atoms with Gasteiger partial charge in [-0.25, -0.2) is 0 Å². The molecule has 2 fully saturated rings. The minimum atomic E-state index is -0.0504. The summed E-state index contributed by atoms with van der Waals surface area (Å²) < 4.78 is 0. The molecule has 0 amide bonds. The Kier molecular flexibility index (Phi) is 1.71. The van der Waals surface area contributed by atoms with Crippen LogP contribution in [0.1, 0.15) is 45.4 Å². The molecule has 2 rings (SSSR count). The van der Waals surface area contributed by atoms with Crippen LogP contribution in [-0.2, 0) is 0 Å². The Morgan fingerprint density at radius 1 is 1.27 bits per heavy atom. The molecule has 1 heteroatoms. The predicted molar refractivity (Wildman–Crippen MR) is 45.3 cm³/mol. The van der Waals surface area contributed by atoms with Gasteiger partial charge < -0.3 is 5.11 Å². The predicted octanol–water partition coefficient (Wildman–Crippen LogP) is 2.34. The van der Waals surface area contributed by atoms with Crippen LogP contribution in [0.2, 0.25) is 0 Å². The first-order valence-corrected chi connectivity index (χ1v) is 4.94. The highest BCUT2D eigenvalue weighted by Gasteiger charge is 2.52. The Labute approximate surface area is 68.8 Å². The van der Waals surface area contributed by atoms with E-state index < -0.39 is 0 Å². The van der Waals surface area contributed by atoms with E-state index in [1.165, 1.54) is 38.5 Å². The quantitative estimate of drug-likeness (QED) is 0.647. The lowest BCUT2D eigenvalue weighted by atomic mass is 9.83. The van der Waals surface area contributed by atoms with Crippen molar-refractivity contribution in [1.82, 2.24) is 0 Å². The van der Waals surface area contributed by atoms with Gasteiger partial charge in [-0.3, -0.25) is 0 Å². The summed E-state index contributed by atoms with van der Waals surface area (Å²) in [6.07, 6.45) is 8.09. The third-order valence-electron chi connectivity index (χ3n) is 3.83. The Hall–Kier alpha value is -0.0400. The van der Waals surface area contributed by atoms with Gasteiger partial charge in [-0.05, 0) is 43.9 Å². The summed E-state index contributed by atoms with van der Waals surface area (Å²) in [5, 5.41) is 9.60. The van der Waals surface area contributed by atoms with Crippen LogP contribution >= 0.6 is 0 Å². The highest BCUT2D eigenvalue weighted by atomic mass is 16.3. The first-order valence-electron chi connectivity index (χ1n) is 4.94. The lowest BCUT2D eigenvalue weighted by Crippen LogP contribution is -2.25. The Balaban J connectivity index is 2.01. The van der Waals surface area contributed by atoms with E-state index in [0.717, 1.165) is 5.92 Å². The van der Waals surface area contributed by atoms with E-state index in [1.54, 1.807) is 0 Å². The van der Waals surface area contributed by atoms with E-state index in [2.05, 4.69) is 0 Å². The van der Waals surface area contributed by atoms with Crippen molar-refractivity contribution in [3.05, 3.63) is 0 Å². The van der Waals surface area contributed by atoms with Crippen LogP contribution in [0.25, 0.3) is 0 Å². The summed E-state index contributed by atoms with van der Waals surface area (Å²) in [6.45, 7) is 1.98. The SMILES string of the molecule is CC(O)C1(C2CCCC2)CC1. The fourth-order valence-corrected chi connectivity index (χ4v) is 2.81. The van der Waals surface area contributed by atoms with Gasteiger partial charge in [0.2, 0.25) is 0 Å². The zero-order chi connectivity index (χ0) is 7.90. The third kappa shape index (κ3) is 1.10. The highest BCUT2D eigenvalue weighted by molar-refractivity contribution is 5.02. The van der Waals surface area contributed by atoms with Crippen molar-refractivity contribution in [3.63, 3.8) is 0 Å². The van der Waals surface area contributed by atoms with E-state index in [0.29, 0.717) is 5.41 Å². The lowest BCUT2D eigenvalue weighted by Gasteiger charge is -2.25. The van der Waals surface area contributed by atoms with Gasteiger partial charge in [-0.2, -0.15) is 0 Å². The highest BCUT2D eigenvalue weighted by Crippen LogP contribution is 2.59. The van der Waals surface area contributed by atoms with Gasteiger partial charge in [0.15, 0.2) is 0 Å². The summed E-state index contributed by atoms with van der Waals surface area (Å²) in [5.74, 6) is 0.863. The van der Waals surface area contributed by atoms with Gasteiger partial charge in [0, 0.05) is 0 Å². The van der Waals surface area contributed by atoms with Crippen molar-refractivity contribution in [3.8, 4) is 0 Å². The number of aliphatic hydroxyl groups is 1. The average Bonchev–Trinajstić information content (AvgIpc) is 2.61. The summed E-state index contributed by atoms with van der Waals surface area (Å²) in [5.41, 5.74) is 0.385. The van der Waals surface area contributed by atoms with Crippen LogP contribution in [0.15, 0.2) is 0 Å². The van der Waals surface area contributed by atoms with Gasteiger partial charge in [0.1, 0.15) is 0 Å². The van der Waals surface area contributed by atoms with Gasteiger partial charge in [-0.15, -0.1) is 0 Å². The van der Waals surface area contributed by atoms with Crippen molar-refractivity contribution in [2.24, 2.45) is 11.3 Å². The Bertz CT molecular complexity index is 141. The molecule has 1 nitrogen and oxygen atoms in total. The molecular formula is C10H18O. The van der Waals surface area contributed by atoms with E-state index >= 15 is 0 Å². The Morgan fingerprint density at radius 3 is 2.18 bits per heavy atom. The molecular weight excluding hydrogens is 136 g/mol. The lowest BCUT2D eigenvalue weighted by molar-refractivity contribution is 0.0706. The normalized spacial score (nSPS) is 32.2. The van der Waals surface area contributed by atoms with Gasteiger partial charge in [-0.1, -0.05) is 12.8 Å². The monoisotopic (exact) mass is 154 g/mol. The summed E-state index contributed by atoms with van der Waals surface area (Å²) >= 11 is 0. The molecule has 0 aromatic heterocycles. The first kappa shape index (κ1) is 7.60. The van der Waals surface area contributed by atoms with E-state index in [4.69, 9.17) is 0 Å². The molecule has 2 aliphatic rings. The molecule has 1 atom stereocenters. The van der Waals surface area contributed by atoms with Gasteiger partial charge in [0.25, 0.3) is 0 Å². The van der Waals surface area contributed by atoms with Gasteiger partial charge >= 0.3 is 0 Å². The average molecular weight is 154 g/mol. The van der Waals surface area contributed by atoms with Gasteiger partial charge in [0.05, 0.1) is 6.10 Å². The van der Waals surface area contributed by atoms with E-state index in [9.17, 15) is 5.11 Å². The molecule has 0 aromatic carbocycles. The zero-order valence-electron chi connectivity index (χ0n) is 7.34. The van der Waals surface area contributed by atoms with E-state index in [1.807, 2.05) is 6.92 Å². The van der Waals surface area contributed by atoms with Crippen LogP contribution in [-0.4, -0.2) is 11.2 Å². The van der Waals surface area contributed by atoms with Crippen molar-refractivity contribution in [2.45, 2.75) is 51.6 Å². The maximum Gasteiger partial charge on any atom is 0.0570 e. The molecule has 11 heavy (non-hydrogen) atoms. The van der Waals surface area contributed by atoms with Crippen molar-refractivity contribution >= 4 is 0 Å². The van der Waals surface area contributed by atoms with Crippen molar-refractivity contribution < 1.29 is 5.11 Å². The number of hydrogen-bond acceptors (Lipinski definition) is 1. The first-order chi connectivity index (χ1) is 5.26. The summed E-state index contributed by atoms with van der Waals surface area (Å²) in [7, 11) is 0. The topological polar surface area (TPSA) is 20.2 Å². The maximum absolute atomic E-state index is 9.60. The second-order valence-electron chi connectivity index (χ2n) is 4.39. The molecule has 0 spiro atoms. The molecule has 0 aliphatic heterocycles. The van der Waals surface area contributed by atoms with E-state index in [-0.39, 0.29) is 6.10 Å². The summed E-state index contributed by atoms with van der Waals surface area (Å²) in [6, 6.07) is 0. The molecule has 0 heterocycles. The summed E-state index contributed by atoms with van der Waals surface area (Å²) in [4.78, 5) is 0. The largest absolute Gasteiger partial charge is 0.393 e. The molecule has 1 N–H and O–H groups in total. The number of aliphatic hydroxyl groups excluding tert-OH is 1. The molecule has 2 saturated carbocycles. The standard InChI is InChI=1S/C10H18O/c1-8(11)10(6-7-10)9-4-2-3-5-9/h8-9,11H,2-7H2,1H3. The minimum Gasteiger partial charge on any atom is -0.393 e. The molecule has 0 radical (unpaired) electrons. The Morgan fingerprint density at radius 2 is 1.82 bits per heavy atom. The van der Waals surface area contributed by atoms with Crippen LogP contribution in [0.4, 0.5) is 0 Å². The van der Waals surface area contributed by atoms with Crippen molar-refractivity contribution in [2.75, 3.05) is 0 Å². The van der Waals surface area contributed by atoms with Crippen LogP contribution in [0.5, 0.6) is 0 Å².